The van der Waals surface area contributed by atoms with Gasteiger partial charge in [-0.2, -0.15) is 0 Å². The molecule has 2 nitrogen and oxygen atoms in total. The molecular weight excluding hydrogens is 210 g/mol. The van der Waals surface area contributed by atoms with E-state index in [1.54, 1.807) is 0 Å². The van der Waals surface area contributed by atoms with Crippen molar-refractivity contribution >= 4 is 0 Å². The second kappa shape index (κ2) is 4.11. The van der Waals surface area contributed by atoms with Crippen molar-refractivity contribution in [3.05, 3.63) is 35.9 Å². The first kappa shape index (κ1) is 12.6. The van der Waals surface area contributed by atoms with Crippen molar-refractivity contribution in [2.45, 2.75) is 31.9 Å². The zero-order valence-corrected chi connectivity index (χ0v) is 11.4. The number of hydrogen-bond acceptors (Lipinski definition) is 1. The summed E-state index contributed by atoms with van der Waals surface area (Å²) in [5.41, 5.74) is 0.410. The Morgan fingerprint density at radius 3 is 2.35 bits per heavy atom. The van der Waals surface area contributed by atoms with Gasteiger partial charge >= 0.3 is 0 Å². The van der Waals surface area contributed by atoms with Gasteiger partial charge in [0.2, 0.25) is 0 Å². The lowest BCUT2D eigenvalue weighted by Gasteiger charge is -2.50. The third-order valence-electron chi connectivity index (χ3n) is 4.63. The maximum atomic E-state index is 11.0. The van der Waals surface area contributed by atoms with E-state index in [1.165, 1.54) is 0 Å². The molecule has 17 heavy (non-hydrogen) atoms. The van der Waals surface area contributed by atoms with Gasteiger partial charge in [0.05, 0.1) is 26.7 Å². The maximum Gasteiger partial charge on any atom is 0.103 e. The van der Waals surface area contributed by atoms with Crippen LogP contribution in [0.4, 0.5) is 0 Å². The zero-order chi connectivity index (χ0) is 12.7. The predicted octanol–water partition coefficient (Wildman–Crippen LogP) is 2.38. The maximum absolute atomic E-state index is 11.0. The number of aliphatic hydroxyl groups is 1. The van der Waals surface area contributed by atoms with E-state index in [9.17, 15) is 5.11 Å². The second-order valence-corrected chi connectivity index (χ2v) is 6.21. The average molecular weight is 234 g/mol. The van der Waals surface area contributed by atoms with Gasteiger partial charge in [-0.3, -0.25) is 0 Å². The molecule has 94 valence electrons. The Morgan fingerprint density at radius 2 is 1.76 bits per heavy atom. The van der Waals surface area contributed by atoms with Crippen LogP contribution in [0.1, 0.15) is 25.8 Å². The minimum atomic E-state index is -0.658. The number of quaternary nitrogens is 1. The van der Waals surface area contributed by atoms with Crippen LogP contribution in [-0.4, -0.2) is 36.3 Å². The minimum Gasteiger partial charge on any atom is -0.384 e. The third kappa shape index (κ3) is 2.12. The summed E-state index contributed by atoms with van der Waals surface area (Å²) in [7, 11) is 4.51. The van der Waals surface area contributed by atoms with Crippen molar-refractivity contribution in [2.75, 3.05) is 20.6 Å². The Balaban J connectivity index is 2.33. The Hall–Kier alpha value is -0.860. The van der Waals surface area contributed by atoms with Crippen LogP contribution < -0.4 is 0 Å². The van der Waals surface area contributed by atoms with Crippen molar-refractivity contribution in [1.29, 1.82) is 0 Å². The molecule has 0 aliphatic carbocycles. The largest absolute Gasteiger partial charge is 0.384 e. The van der Waals surface area contributed by atoms with E-state index in [0.29, 0.717) is 6.04 Å². The molecule has 1 fully saturated rings. The number of nitrogens with zero attached hydrogens (tertiary/aromatic N) is 1. The standard InChI is InChI=1S/C15H24NO/c1-12-11-16(3,4)13(2)10-15(12,17)14-8-6-5-7-9-14/h5-9,12-13,17H,10-11H2,1-4H3/q+1/t12-,13-,15-/m0/s1. The summed E-state index contributed by atoms with van der Waals surface area (Å²) in [5.74, 6) is 0.288. The van der Waals surface area contributed by atoms with Crippen LogP contribution in [0.5, 0.6) is 0 Å². The Bertz CT molecular complexity index is 387. The molecule has 0 bridgehead atoms. The Labute approximate surface area is 104 Å². The third-order valence-corrected chi connectivity index (χ3v) is 4.63. The molecular formula is C15H24NO+. The van der Waals surface area contributed by atoms with Gasteiger partial charge in [0.1, 0.15) is 5.60 Å². The fraction of sp³-hybridized carbons (Fsp3) is 0.600. The molecule has 1 saturated heterocycles. The summed E-state index contributed by atoms with van der Waals surface area (Å²) in [6.45, 7) is 5.42. The Morgan fingerprint density at radius 1 is 1.18 bits per heavy atom. The highest BCUT2D eigenvalue weighted by molar-refractivity contribution is 5.23. The molecule has 1 aromatic rings. The molecule has 0 aromatic heterocycles. The zero-order valence-electron chi connectivity index (χ0n) is 11.4. The monoisotopic (exact) mass is 234 g/mol. The van der Waals surface area contributed by atoms with Crippen LogP contribution >= 0.6 is 0 Å². The fourth-order valence-electron chi connectivity index (χ4n) is 3.06. The van der Waals surface area contributed by atoms with Crippen LogP contribution in [-0.2, 0) is 5.60 Å². The number of benzene rings is 1. The Kier molecular flexibility index (Phi) is 3.04. The molecule has 1 aromatic carbocycles. The normalized spacial score (nSPS) is 36.8. The van der Waals surface area contributed by atoms with E-state index in [4.69, 9.17) is 0 Å². The quantitative estimate of drug-likeness (QED) is 0.740. The predicted molar refractivity (Wildman–Crippen MR) is 70.6 cm³/mol. The van der Waals surface area contributed by atoms with E-state index in [0.717, 1.165) is 23.0 Å². The molecule has 2 rings (SSSR count). The first-order valence-corrected chi connectivity index (χ1v) is 6.47. The highest BCUT2D eigenvalue weighted by atomic mass is 16.3. The van der Waals surface area contributed by atoms with Gasteiger partial charge in [-0.1, -0.05) is 37.3 Å². The van der Waals surface area contributed by atoms with Gasteiger partial charge in [-0.25, -0.2) is 0 Å². The molecule has 3 atom stereocenters. The lowest BCUT2D eigenvalue weighted by atomic mass is 9.74. The average Bonchev–Trinajstić information content (AvgIpc) is 2.27. The van der Waals surface area contributed by atoms with Gasteiger partial charge in [-0.15, -0.1) is 0 Å². The molecule has 0 saturated carbocycles. The highest BCUT2D eigenvalue weighted by Gasteiger charge is 2.48. The molecule has 0 unspecified atom stereocenters. The topological polar surface area (TPSA) is 20.2 Å². The van der Waals surface area contributed by atoms with Crippen LogP contribution in [0, 0.1) is 5.92 Å². The van der Waals surface area contributed by atoms with Crippen molar-refractivity contribution < 1.29 is 9.59 Å². The highest BCUT2D eigenvalue weighted by Crippen LogP contribution is 2.41. The van der Waals surface area contributed by atoms with E-state index in [-0.39, 0.29) is 5.92 Å². The van der Waals surface area contributed by atoms with Gasteiger partial charge in [0.15, 0.2) is 0 Å². The number of rotatable bonds is 1. The van der Waals surface area contributed by atoms with Crippen molar-refractivity contribution in [1.82, 2.24) is 0 Å². The molecule has 1 N–H and O–H groups in total. The smallest absolute Gasteiger partial charge is 0.103 e. The number of piperidine rings is 1. The molecule has 2 heteroatoms. The summed E-state index contributed by atoms with van der Waals surface area (Å²) >= 11 is 0. The van der Waals surface area contributed by atoms with Crippen LogP contribution in [0.3, 0.4) is 0 Å². The van der Waals surface area contributed by atoms with Gasteiger partial charge in [0, 0.05) is 12.3 Å². The van der Waals surface area contributed by atoms with E-state index < -0.39 is 5.60 Å². The summed E-state index contributed by atoms with van der Waals surface area (Å²) in [4.78, 5) is 0. The molecule has 1 aliphatic heterocycles. The molecule has 1 aliphatic rings. The van der Waals surface area contributed by atoms with E-state index in [2.05, 4.69) is 40.1 Å². The molecule has 0 amide bonds. The number of likely N-dealkylation sites (tertiary alicyclic amines) is 1. The summed E-state index contributed by atoms with van der Waals surface area (Å²) in [6, 6.07) is 10.6. The van der Waals surface area contributed by atoms with Crippen LogP contribution in [0.2, 0.25) is 0 Å². The van der Waals surface area contributed by atoms with Crippen LogP contribution in [0.25, 0.3) is 0 Å². The summed E-state index contributed by atoms with van der Waals surface area (Å²) in [5, 5.41) is 11.0. The van der Waals surface area contributed by atoms with Crippen molar-refractivity contribution in [3.63, 3.8) is 0 Å². The summed E-state index contributed by atoms with van der Waals surface area (Å²) in [6.07, 6.45) is 0.838. The summed E-state index contributed by atoms with van der Waals surface area (Å²) < 4.78 is 0.996. The minimum absolute atomic E-state index is 0.288. The van der Waals surface area contributed by atoms with Gasteiger partial charge < -0.3 is 9.59 Å². The molecule has 0 radical (unpaired) electrons. The van der Waals surface area contributed by atoms with E-state index in [1.807, 2.05) is 18.2 Å². The first-order valence-electron chi connectivity index (χ1n) is 6.47. The second-order valence-electron chi connectivity index (χ2n) is 6.21. The van der Waals surface area contributed by atoms with E-state index >= 15 is 0 Å². The van der Waals surface area contributed by atoms with Gasteiger partial charge in [-0.05, 0) is 12.5 Å². The fourth-order valence-corrected chi connectivity index (χ4v) is 3.06. The first-order chi connectivity index (χ1) is 7.86. The van der Waals surface area contributed by atoms with Crippen molar-refractivity contribution in [2.24, 2.45) is 5.92 Å². The SMILES string of the molecule is C[C@H]1C[N+](C)(C)[C@@H](C)C[C@@]1(O)c1ccccc1. The van der Waals surface area contributed by atoms with Gasteiger partial charge in [0.25, 0.3) is 0 Å². The molecule has 1 heterocycles. The molecule has 0 spiro atoms. The van der Waals surface area contributed by atoms with Crippen molar-refractivity contribution in [3.8, 4) is 0 Å². The van der Waals surface area contributed by atoms with Crippen LogP contribution in [0.15, 0.2) is 30.3 Å². The lowest BCUT2D eigenvalue weighted by Crippen LogP contribution is -2.60. The lowest BCUT2D eigenvalue weighted by molar-refractivity contribution is -0.925. The number of hydrogen-bond donors (Lipinski definition) is 1.